The number of carbonyl (C=O) groups excluding carboxylic acids is 1. The standard InChI is InChI=1S/C18H37NO4Si/c1-17(2,3)22-16(21)19-13-12-15(11-9-10-14-20)23-24(7,8)18(4,5)6/h9-10,15,20H,11-14H2,1-8H3,(H,19,21)/b10-9+/t15-/m1/s1. The molecule has 0 aliphatic rings. The van der Waals surface area contributed by atoms with E-state index in [-0.39, 0.29) is 17.7 Å². The first kappa shape index (κ1) is 23.1. The van der Waals surface area contributed by atoms with Crippen molar-refractivity contribution in [2.24, 2.45) is 0 Å². The van der Waals surface area contributed by atoms with Crippen LogP contribution in [0.25, 0.3) is 0 Å². The second-order valence-corrected chi connectivity index (χ2v) is 13.4. The molecule has 0 saturated heterocycles. The van der Waals surface area contributed by atoms with Gasteiger partial charge in [-0.15, -0.1) is 0 Å². The number of carbonyl (C=O) groups is 1. The van der Waals surface area contributed by atoms with Crippen LogP contribution in [0, 0.1) is 0 Å². The van der Waals surface area contributed by atoms with Gasteiger partial charge in [0.2, 0.25) is 0 Å². The molecule has 24 heavy (non-hydrogen) atoms. The third-order valence-electron chi connectivity index (χ3n) is 4.07. The van der Waals surface area contributed by atoms with E-state index in [0.29, 0.717) is 13.0 Å². The van der Waals surface area contributed by atoms with Crippen molar-refractivity contribution in [3.05, 3.63) is 12.2 Å². The summed E-state index contributed by atoms with van der Waals surface area (Å²) in [6.45, 7) is 17.1. The first-order valence-corrected chi connectivity index (χ1v) is 11.6. The van der Waals surface area contributed by atoms with E-state index < -0.39 is 20.0 Å². The van der Waals surface area contributed by atoms with Crippen LogP contribution in [0.15, 0.2) is 12.2 Å². The SMILES string of the molecule is CC(C)(C)OC(=O)NCC[C@@H](C/C=C/CO)O[Si](C)(C)C(C)(C)C. The first-order chi connectivity index (χ1) is 10.8. The van der Waals surface area contributed by atoms with Crippen LogP contribution in [0.5, 0.6) is 0 Å². The van der Waals surface area contributed by atoms with Crippen molar-refractivity contribution >= 4 is 14.4 Å². The Hall–Kier alpha value is -0.853. The summed E-state index contributed by atoms with van der Waals surface area (Å²) in [5, 5.41) is 11.8. The topological polar surface area (TPSA) is 67.8 Å². The number of rotatable bonds is 8. The maximum Gasteiger partial charge on any atom is 0.407 e. The molecule has 0 bridgehead atoms. The molecule has 2 N–H and O–H groups in total. The lowest BCUT2D eigenvalue weighted by atomic mass is 10.2. The van der Waals surface area contributed by atoms with Gasteiger partial charge >= 0.3 is 6.09 Å². The molecule has 0 aliphatic carbocycles. The minimum atomic E-state index is -1.88. The van der Waals surface area contributed by atoms with Gasteiger partial charge in [0.1, 0.15) is 5.60 Å². The van der Waals surface area contributed by atoms with Gasteiger partial charge in [0.25, 0.3) is 0 Å². The highest BCUT2D eigenvalue weighted by atomic mass is 28.4. The highest BCUT2D eigenvalue weighted by Crippen LogP contribution is 2.38. The highest BCUT2D eigenvalue weighted by Gasteiger charge is 2.38. The number of hydrogen-bond donors (Lipinski definition) is 2. The van der Waals surface area contributed by atoms with E-state index >= 15 is 0 Å². The zero-order chi connectivity index (χ0) is 19.0. The number of alkyl carbamates (subject to hydrolysis) is 1. The lowest BCUT2D eigenvalue weighted by molar-refractivity contribution is 0.0520. The van der Waals surface area contributed by atoms with Gasteiger partial charge < -0.3 is 19.6 Å². The molecule has 5 nitrogen and oxygen atoms in total. The molecular weight excluding hydrogens is 322 g/mol. The van der Waals surface area contributed by atoms with Crippen LogP contribution < -0.4 is 5.32 Å². The minimum absolute atomic E-state index is 0.0172. The molecule has 0 aromatic carbocycles. The Kier molecular flexibility index (Phi) is 9.24. The molecule has 0 aliphatic heterocycles. The molecule has 0 unspecified atom stereocenters. The van der Waals surface area contributed by atoms with Gasteiger partial charge in [-0.1, -0.05) is 32.9 Å². The number of nitrogens with one attached hydrogen (secondary N) is 1. The van der Waals surface area contributed by atoms with Gasteiger partial charge in [-0.3, -0.25) is 0 Å². The molecule has 0 aromatic heterocycles. The van der Waals surface area contributed by atoms with Crippen LogP contribution in [0.1, 0.15) is 54.4 Å². The second-order valence-electron chi connectivity index (χ2n) is 8.61. The predicted molar refractivity (Wildman–Crippen MR) is 102 cm³/mol. The Bertz CT molecular complexity index is 408. The number of aliphatic hydroxyl groups excluding tert-OH is 1. The van der Waals surface area contributed by atoms with Gasteiger partial charge in [-0.2, -0.15) is 0 Å². The summed E-state index contributed by atoms with van der Waals surface area (Å²) in [5.41, 5.74) is -0.495. The Morgan fingerprint density at radius 3 is 2.21 bits per heavy atom. The highest BCUT2D eigenvalue weighted by molar-refractivity contribution is 6.74. The quantitative estimate of drug-likeness (QED) is 0.503. The van der Waals surface area contributed by atoms with Crippen molar-refractivity contribution in [1.82, 2.24) is 5.32 Å². The fraction of sp³-hybridized carbons (Fsp3) is 0.833. The van der Waals surface area contributed by atoms with Gasteiger partial charge in [0, 0.05) is 6.54 Å². The molecule has 0 radical (unpaired) electrons. The van der Waals surface area contributed by atoms with Crippen LogP contribution >= 0.6 is 0 Å². The lowest BCUT2D eigenvalue weighted by Crippen LogP contribution is -2.44. The average Bonchev–Trinajstić information content (AvgIpc) is 2.34. The van der Waals surface area contributed by atoms with E-state index in [4.69, 9.17) is 14.3 Å². The summed E-state index contributed by atoms with van der Waals surface area (Å²) in [4.78, 5) is 11.7. The van der Waals surface area contributed by atoms with E-state index in [1.165, 1.54) is 0 Å². The van der Waals surface area contributed by atoms with Gasteiger partial charge in [0.15, 0.2) is 8.32 Å². The Morgan fingerprint density at radius 2 is 1.75 bits per heavy atom. The Labute approximate surface area is 148 Å². The van der Waals surface area contributed by atoms with Crippen molar-refractivity contribution in [3.63, 3.8) is 0 Å². The average molecular weight is 360 g/mol. The molecular formula is C18H37NO4Si. The van der Waals surface area contributed by atoms with Crippen LogP contribution in [-0.4, -0.2) is 44.4 Å². The summed E-state index contributed by atoms with van der Waals surface area (Å²) in [6.07, 6.45) is 4.71. The summed E-state index contributed by atoms with van der Waals surface area (Å²) < 4.78 is 11.7. The van der Waals surface area contributed by atoms with Crippen molar-refractivity contribution in [1.29, 1.82) is 0 Å². The molecule has 0 aromatic rings. The van der Waals surface area contributed by atoms with E-state index in [1.54, 1.807) is 6.08 Å². The van der Waals surface area contributed by atoms with Gasteiger partial charge in [-0.05, 0) is 51.7 Å². The summed E-state index contributed by atoms with van der Waals surface area (Å²) in [5.74, 6) is 0. The lowest BCUT2D eigenvalue weighted by Gasteiger charge is -2.39. The zero-order valence-electron chi connectivity index (χ0n) is 16.7. The molecule has 1 atom stereocenters. The van der Waals surface area contributed by atoms with Gasteiger partial charge in [0.05, 0.1) is 12.7 Å². The number of hydrogen-bond acceptors (Lipinski definition) is 4. The van der Waals surface area contributed by atoms with Crippen LogP contribution in [0.2, 0.25) is 18.1 Å². The summed E-state index contributed by atoms with van der Waals surface area (Å²) >= 11 is 0. The maximum atomic E-state index is 11.7. The van der Waals surface area contributed by atoms with Crippen LogP contribution in [0.3, 0.4) is 0 Å². The first-order valence-electron chi connectivity index (χ1n) is 8.69. The number of aliphatic hydroxyl groups is 1. The van der Waals surface area contributed by atoms with E-state index in [2.05, 4.69) is 39.2 Å². The zero-order valence-corrected chi connectivity index (χ0v) is 17.7. The monoisotopic (exact) mass is 359 g/mol. The fourth-order valence-electron chi connectivity index (χ4n) is 1.79. The molecule has 6 heteroatoms. The summed E-state index contributed by atoms with van der Waals surface area (Å²) in [6, 6.07) is 0. The van der Waals surface area contributed by atoms with E-state index in [9.17, 15) is 4.79 Å². The van der Waals surface area contributed by atoms with E-state index in [0.717, 1.165) is 6.42 Å². The van der Waals surface area contributed by atoms with Crippen molar-refractivity contribution in [2.75, 3.05) is 13.2 Å². The fourth-order valence-corrected chi connectivity index (χ4v) is 3.19. The van der Waals surface area contributed by atoms with E-state index in [1.807, 2.05) is 26.8 Å². The Morgan fingerprint density at radius 1 is 1.17 bits per heavy atom. The molecule has 1 amide bonds. The normalized spacial score (nSPS) is 14.7. The third kappa shape index (κ3) is 10.1. The number of ether oxygens (including phenoxy) is 1. The van der Waals surface area contributed by atoms with Crippen molar-refractivity contribution < 1.29 is 19.1 Å². The Balaban J connectivity index is 4.63. The second kappa shape index (κ2) is 9.58. The molecule has 0 heterocycles. The third-order valence-corrected chi connectivity index (χ3v) is 8.61. The maximum absolute atomic E-state index is 11.7. The molecule has 0 fully saturated rings. The smallest absolute Gasteiger partial charge is 0.407 e. The van der Waals surface area contributed by atoms with Gasteiger partial charge in [-0.25, -0.2) is 4.79 Å². The molecule has 0 spiro atoms. The minimum Gasteiger partial charge on any atom is -0.444 e. The largest absolute Gasteiger partial charge is 0.444 e. The predicted octanol–water partition coefficient (Wildman–Crippen LogP) is 4.23. The molecule has 0 rings (SSSR count). The summed E-state index contributed by atoms with van der Waals surface area (Å²) in [7, 11) is -1.88. The van der Waals surface area contributed by atoms with Crippen molar-refractivity contribution in [2.45, 2.75) is 84.2 Å². The number of amides is 1. The van der Waals surface area contributed by atoms with Crippen LogP contribution in [0.4, 0.5) is 4.79 Å². The van der Waals surface area contributed by atoms with Crippen molar-refractivity contribution in [3.8, 4) is 0 Å². The van der Waals surface area contributed by atoms with Crippen LogP contribution in [-0.2, 0) is 9.16 Å². The molecule has 142 valence electrons. The molecule has 0 saturated carbocycles.